The molecule has 2 saturated heterocycles. The van der Waals surface area contributed by atoms with Crippen molar-refractivity contribution in [1.29, 1.82) is 0 Å². The Hall–Kier alpha value is -3.88. The van der Waals surface area contributed by atoms with Gasteiger partial charge in [-0.1, -0.05) is 6.07 Å². The molecule has 2 aliphatic rings. The predicted molar refractivity (Wildman–Crippen MR) is 119 cm³/mol. The fourth-order valence-electron chi connectivity index (χ4n) is 3.99. The van der Waals surface area contributed by atoms with Crippen molar-refractivity contribution in [3.63, 3.8) is 0 Å². The minimum atomic E-state index is -5.08. The number of fused-ring (bicyclic) bond motifs is 2. The first-order chi connectivity index (χ1) is 17.2. The smallest absolute Gasteiger partial charge is 0.475 e. The number of rotatable bonds is 2. The van der Waals surface area contributed by atoms with E-state index in [-0.39, 0.29) is 0 Å². The Morgan fingerprint density at radius 1 is 0.919 bits per heavy atom. The van der Waals surface area contributed by atoms with Crippen LogP contribution in [0.3, 0.4) is 0 Å². The number of hydrogen-bond donors (Lipinski definition) is 3. The molecule has 5 rings (SSSR count). The minimum absolute atomic E-state index is 0.723. The Balaban J connectivity index is 0.000000227. The van der Waals surface area contributed by atoms with Crippen LogP contribution in [0, 0.1) is 5.92 Å². The van der Waals surface area contributed by atoms with Crippen molar-refractivity contribution in [2.75, 3.05) is 31.6 Å². The second-order valence-corrected chi connectivity index (χ2v) is 8.38. The average Bonchev–Trinajstić information content (AvgIpc) is 3.42. The number of aromatic amines is 1. The zero-order chi connectivity index (χ0) is 27.5. The second kappa shape index (κ2) is 10.6. The van der Waals surface area contributed by atoms with Crippen LogP contribution >= 0.6 is 0 Å². The average molecular weight is 533 g/mol. The van der Waals surface area contributed by atoms with Crippen molar-refractivity contribution >= 4 is 28.5 Å². The molecule has 2 aliphatic heterocycles. The lowest BCUT2D eigenvalue weighted by atomic mass is 9.93. The van der Waals surface area contributed by atoms with Crippen LogP contribution in [-0.2, 0) is 9.59 Å². The summed E-state index contributed by atoms with van der Waals surface area (Å²) in [7, 11) is 2.22. The van der Waals surface area contributed by atoms with E-state index in [2.05, 4.69) is 56.3 Å². The maximum absolute atomic E-state index is 10.6. The molecule has 0 bridgehead atoms. The van der Waals surface area contributed by atoms with Crippen LogP contribution in [0.25, 0.3) is 22.0 Å². The normalized spacial score (nSPS) is 19.2. The highest BCUT2D eigenvalue weighted by molar-refractivity contribution is 5.84. The molecule has 0 aliphatic carbocycles. The van der Waals surface area contributed by atoms with Crippen molar-refractivity contribution in [2.24, 2.45) is 5.92 Å². The van der Waals surface area contributed by atoms with E-state index >= 15 is 0 Å². The largest absolute Gasteiger partial charge is 0.490 e. The highest BCUT2D eigenvalue weighted by Gasteiger charge is 2.43. The zero-order valence-corrected chi connectivity index (χ0v) is 19.1. The molecule has 200 valence electrons. The molecule has 0 saturated carbocycles. The summed E-state index contributed by atoms with van der Waals surface area (Å²) < 4.78 is 63.5. The molecule has 1 aromatic carbocycles. The number of carboxylic acids is 2. The van der Waals surface area contributed by atoms with E-state index in [1.807, 2.05) is 18.6 Å². The lowest BCUT2D eigenvalue weighted by Crippen LogP contribution is -2.52. The van der Waals surface area contributed by atoms with Gasteiger partial charge in [-0.3, -0.25) is 10.1 Å². The van der Waals surface area contributed by atoms with Crippen LogP contribution in [0.1, 0.15) is 0 Å². The van der Waals surface area contributed by atoms with Crippen molar-refractivity contribution in [2.45, 2.75) is 18.4 Å². The molecule has 4 heterocycles. The molecule has 3 aromatic rings. The first kappa shape index (κ1) is 27.7. The number of halogens is 6. The standard InChI is InChI=1S/C18H19N5.2C2HF3O2/c1-22-9-15-10-23(11-18(15)22)16-5-13(6-19-8-16)12-2-3-17-14(4-12)7-20-21-17;2*3-2(4,5)1(6)7/h2-8,15,18H,9-11H2,1H3,(H,20,21);2*(H,6,7)/t15-,18+;;/m0../s1. The van der Waals surface area contributed by atoms with Gasteiger partial charge in [0.25, 0.3) is 0 Å². The number of nitrogens with one attached hydrogen (secondary N) is 1. The number of likely N-dealkylation sites (tertiary alicyclic amines) is 1. The second-order valence-electron chi connectivity index (χ2n) is 8.38. The maximum Gasteiger partial charge on any atom is 0.490 e. The number of H-pyrrole nitrogens is 1. The van der Waals surface area contributed by atoms with Crippen LogP contribution in [-0.4, -0.2) is 87.3 Å². The molecule has 9 nitrogen and oxygen atoms in total. The Labute approximate surface area is 205 Å². The summed E-state index contributed by atoms with van der Waals surface area (Å²) in [6, 6.07) is 9.36. The molecule has 37 heavy (non-hydrogen) atoms. The molecule has 0 radical (unpaired) electrons. The Kier molecular flexibility index (Phi) is 7.95. The minimum Gasteiger partial charge on any atom is -0.475 e. The topological polar surface area (TPSA) is 123 Å². The number of nitrogens with zero attached hydrogens (tertiary/aromatic N) is 4. The monoisotopic (exact) mass is 533 g/mol. The number of carbonyl (C=O) groups is 2. The van der Waals surface area contributed by atoms with E-state index in [0.717, 1.165) is 36.0 Å². The lowest BCUT2D eigenvalue weighted by molar-refractivity contribution is -0.193. The van der Waals surface area contributed by atoms with E-state index < -0.39 is 24.3 Å². The molecule has 15 heteroatoms. The van der Waals surface area contributed by atoms with Gasteiger partial charge in [-0.15, -0.1) is 0 Å². The van der Waals surface area contributed by atoms with E-state index in [0.29, 0.717) is 0 Å². The third kappa shape index (κ3) is 6.87. The van der Waals surface area contributed by atoms with E-state index in [1.54, 1.807) is 0 Å². The van der Waals surface area contributed by atoms with Crippen LogP contribution in [0.2, 0.25) is 0 Å². The number of pyridine rings is 1. The van der Waals surface area contributed by atoms with Crippen molar-refractivity contribution in [3.05, 3.63) is 42.9 Å². The van der Waals surface area contributed by atoms with Crippen molar-refractivity contribution in [3.8, 4) is 11.1 Å². The highest BCUT2D eigenvalue weighted by Crippen LogP contribution is 2.34. The molecule has 0 amide bonds. The van der Waals surface area contributed by atoms with Crippen LogP contribution in [0.15, 0.2) is 42.9 Å². The van der Waals surface area contributed by atoms with Gasteiger partial charge < -0.3 is 20.0 Å². The predicted octanol–water partition coefficient (Wildman–Crippen LogP) is 3.64. The number of hydrogen-bond acceptors (Lipinski definition) is 6. The molecule has 2 aromatic heterocycles. The number of likely N-dealkylation sites (N-methyl/N-ethyl adjacent to an activating group) is 1. The summed E-state index contributed by atoms with van der Waals surface area (Å²) >= 11 is 0. The number of aliphatic carboxylic acids is 2. The Bertz CT molecular complexity index is 1240. The number of alkyl halides is 6. The van der Waals surface area contributed by atoms with Gasteiger partial charge in [0, 0.05) is 48.7 Å². The highest BCUT2D eigenvalue weighted by atomic mass is 19.4. The molecule has 0 spiro atoms. The molecular weight excluding hydrogens is 512 g/mol. The zero-order valence-electron chi connectivity index (χ0n) is 19.1. The van der Waals surface area contributed by atoms with Gasteiger partial charge >= 0.3 is 24.3 Å². The van der Waals surface area contributed by atoms with Crippen molar-refractivity contribution in [1.82, 2.24) is 20.1 Å². The van der Waals surface area contributed by atoms with Crippen LogP contribution < -0.4 is 4.90 Å². The third-order valence-corrected chi connectivity index (χ3v) is 5.84. The first-order valence-electron chi connectivity index (χ1n) is 10.6. The fourth-order valence-corrected chi connectivity index (χ4v) is 3.99. The van der Waals surface area contributed by atoms with Gasteiger partial charge in [0.1, 0.15) is 0 Å². The number of aromatic nitrogens is 3. The summed E-state index contributed by atoms with van der Waals surface area (Å²) in [6.07, 6.45) is -4.36. The molecular formula is C22H21F6N5O4. The molecule has 3 N–H and O–H groups in total. The van der Waals surface area contributed by atoms with Gasteiger partial charge in [-0.25, -0.2) is 9.59 Å². The van der Waals surface area contributed by atoms with E-state index in [4.69, 9.17) is 19.8 Å². The van der Waals surface area contributed by atoms with Crippen LogP contribution in [0.4, 0.5) is 32.0 Å². The number of anilines is 1. The lowest BCUT2D eigenvalue weighted by Gasteiger charge is -2.40. The van der Waals surface area contributed by atoms with Gasteiger partial charge in [0.15, 0.2) is 0 Å². The summed E-state index contributed by atoms with van der Waals surface area (Å²) in [5.74, 6) is -4.69. The third-order valence-electron chi connectivity index (χ3n) is 5.84. The van der Waals surface area contributed by atoms with Gasteiger partial charge in [-0.2, -0.15) is 31.4 Å². The van der Waals surface area contributed by atoms with Gasteiger partial charge in [0.05, 0.1) is 23.6 Å². The SMILES string of the molecule is CN1C[C@H]2CN(c3cncc(-c4ccc5[nH]ncc5c4)c3)C[C@H]21.O=C(O)C(F)(F)F.O=C(O)C(F)(F)F. The molecule has 2 fully saturated rings. The van der Waals surface area contributed by atoms with Crippen molar-refractivity contribution < 1.29 is 46.1 Å². The van der Waals surface area contributed by atoms with E-state index in [1.165, 1.54) is 23.4 Å². The summed E-state index contributed by atoms with van der Waals surface area (Å²) in [5.41, 5.74) is 4.65. The molecule has 0 unspecified atom stereocenters. The van der Waals surface area contributed by atoms with Gasteiger partial charge in [-0.05, 0) is 30.8 Å². The Morgan fingerprint density at radius 2 is 1.54 bits per heavy atom. The number of benzene rings is 1. The first-order valence-corrected chi connectivity index (χ1v) is 10.6. The summed E-state index contributed by atoms with van der Waals surface area (Å²) in [6.45, 7) is 3.50. The summed E-state index contributed by atoms with van der Waals surface area (Å²) in [5, 5.41) is 22.5. The molecule has 2 atom stereocenters. The van der Waals surface area contributed by atoms with Crippen LogP contribution in [0.5, 0.6) is 0 Å². The number of carboxylic acid groups (broad SMARTS) is 2. The van der Waals surface area contributed by atoms with E-state index in [9.17, 15) is 26.3 Å². The fraction of sp³-hybridized carbons (Fsp3) is 0.364. The quantitative estimate of drug-likeness (QED) is 0.427. The Morgan fingerprint density at radius 3 is 2.08 bits per heavy atom. The van der Waals surface area contributed by atoms with Gasteiger partial charge in [0.2, 0.25) is 0 Å². The maximum atomic E-state index is 10.6. The summed E-state index contributed by atoms with van der Waals surface area (Å²) in [4.78, 5) is 27.2.